The summed E-state index contributed by atoms with van der Waals surface area (Å²) in [5.74, 6) is -4.46. The minimum atomic E-state index is -1.48. The number of aliphatic hydroxyl groups excluding tert-OH is 2. The molecule has 0 saturated heterocycles. The molecule has 0 saturated carbocycles. The third-order valence-electron chi connectivity index (χ3n) is 12.1. The number of aliphatic hydroxyl groups is 2. The summed E-state index contributed by atoms with van der Waals surface area (Å²) in [6, 6.07) is 13.4. The molecule has 8 rings (SSSR count). The Morgan fingerprint density at radius 1 is 0.770 bits per heavy atom. The molecule has 4 aromatic rings. The number of carbonyl (C=O) groups excluding carboxylic acids is 8. The highest BCUT2D eigenvalue weighted by Gasteiger charge is 2.35. The van der Waals surface area contributed by atoms with Crippen LogP contribution in [-0.2, 0) is 73.8 Å². The molecule has 3 aliphatic heterocycles. The van der Waals surface area contributed by atoms with Crippen molar-refractivity contribution in [2.24, 2.45) is 0 Å². The lowest BCUT2D eigenvalue weighted by Crippen LogP contribution is -2.45. The van der Waals surface area contributed by atoms with E-state index in [4.69, 9.17) is 19.6 Å². The van der Waals surface area contributed by atoms with Crippen molar-refractivity contribution >= 4 is 58.2 Å². The van der Waals surface area contributed by atoms with Crippen LogP contribution in [0, 0.1) is 19.7 Å². The fraction of sp³-hybridized carbons (Fsp3) is 0.423. The molecule has 74 heavy (non-hydrogen) atoms. The van der Waals surface area contributed by atoms with Crippen LogP contribution in [0.2, 0.25) is 0 Å². The molecule has 0 unspecified atom stereocenters. The first kappa shape index (κ1) is 57.2. The van der Waals surface area contributed by atoms with E-state index in [1.165, 1.54) is 23.8 Å². The van der Waals surface area contributed by atoms with Crippen LogP contribution in [0.5, 0.6) is 0 Å². The number of unbranched alkanes of at least 4 members (excludes halogenated alkanes) is 2. The first-order valence-corrected chi connectivity index (χ1v) is 24.4. The number of hydrogen-bond donors (Lipinski definition) is 7. The minimum absolute atomic E-state index is 0.0642. The SMILES string of the molecule is CC.Cc1c(F)cc2nc3c(c4c2c1CCC4)Cn1c-3cc2c(c1=O)COC(=O)[C@H]2O.Cc1ccccc1.O=C(CCCCCN1C(=O)C=CC1=O)NCC(=O)NCC(=O)NCC(=O)NCC(=O)NCOCCO. The summed E-state index contributed by atoms with van der Waals surface area (Å²) in [6.45, 7) is 6.71. The Balaban J connectivity index is 0.000000237. The maximum Gasteiger partial charge on any atom is 0.340 e. The van der Waals surface area contributed by atoms with Crippen LogP contribution in [0.3, 0.4) is 0 Å². The molecule has 0 spiro atoms. The van der Waals surface area contributed by atoms with Crippen LogP contribution >= 0.6 is 0 Å². The Morgan fingerprint density at radius 3 is 1.96 bits per heavy atom. The number of carbonyl (C=O) groups is 8. The second-order valence-corrected chi connectivity index (χ2v) is 17.1. The zero-order chi connectivity index (χ0) is 53.9. The molecule has 2 aromatic carbocycles. The van der Waals surface area contributed by atoms with E-state index in [9.17, 15) is 52.6 Å². The predicted molar refractivity (Wildman–Crippen MR) is 267 cm³/mol. The summed E-state index contributed by atoms with van der Waals surface area (Å²) < 4.78 is 25.9. The van der Waals surface area contributed by atoms with Crippen molar-refractivity contribution < 1.29 is 62.4 Å². The molecule has 7 amide bonds. The smallest absolute Gasteiger partial charge is 0.340 e. The molecule has 0 radical (unpaired) electrons. The van der Waals surface area contributed by atoms with Gasteiger partial charge in [-0.3, -0.25) is 43.3 Å². The van der Waals surface area contributed by atoms with Crippen molar-refractivity contribution in [3.63, 3.8) is 0 Å². The van der Waals surface area contributed by atoms with Gasteiger partial charge in [0.05, 0.1) is 68.4 Å². The normalized spacial score (nSPS) is 14.3. The average molecular weight is 1030 g/mol. The number of benzene rings is 2. The summed E-state index contributed by atoms with van der Waals surface area (Å²) in [6.07, 6.45) is 5.40. The van der Waals surface area contributed by atoms with Crippen LogP contribution in [0.15, 0.2) is 59.4 Å². The lowest BCUT2D eigenvalue weighted by Gasteiger charge is -2.22. The standard InChI is InChI=1S/C22H17FN2O4.C21H32N6O9.C7H8.C2H6/c1-9-10-3-2-4-11-13-7-25-17(19(13)24-16(18(10)11)6-15(9)23)5-12-14(21(25)27)8-29-22(28)20(12)26;28-8-9-36-14-26-19(33)13-25-18(32)12-24-17(31)11-23-16(30)10-22-15(29)4-2-1-3-7-27-20(34)5-6-21(27)35;1-7-5-3-2-4-6-7;1-2/h5-6,20,26H,2-4,7-8H2,1H3;5-6,28H,1-4,7-14H2,(H,22,29)(H,23,30)(H,24,31)(H,25,32)(H,26,33);2-6H,1H3;1-2H3/t20-;;;/m0.../s1. The van der Waals surface area contributed by atoms with Crippen molar-refractivity contribution in [2.75, 3.05) is 52.7 Å². The molecule has 1 atom stereocenters. The van der Waals surface area contributed by atoms with Crippen LogP contribution in [-0.4, -0.2) is 125 Å². The van der Waals surface area contributed by atoms with E-state index >= 15 is 0 Å². The fourth-order valence-electron chi connectivity index (χ4n) is 8.30. The number of hydrogen-bond acceptors (Lipinski definition) is 14. The topological polar surface area (TPSA) is 294 Å². The van der Waals surface area contributed by atoms with Crippen LogP contribution < -0.4 is 32.1 Å². The van der Waals surface area contributed by atoms with E-state index in [-0.39, 0.29) is 87.3 Å². The third kappa shape index (κ3) is 15.2. The lowest BCUT2D eigenvalue weighted by atomic mass is 9.85. The van der Waals surface area contributed by atoms with Gasteiger partial charge in [-0.1, -0.05) is 56.2 Å². The molecular weight excluding hydrogens is 964 g/mol. The Labute approximate surface area is 426 Å². The predicted octanol–water partition coefficient (Wildman–Crippen LogP) is 1.49. The number of aromatic nitrogens is 2. The van der Waals surface area contributed by atoms with Crippen molar-refractivity contribution in [1.82, 2.24) is 41.0 Å². The number of pyridine rings is 2. The van der Waals surface area contributed by atoms with Gasteiger partial charge in [0.1, 0.15) is 19.2 Å². The molecular formula is C52H63FN8O13. The molecule has 1 aliphatic carbocycles. The van der Waals surface area contributed by atoms with Gasteiger partial charge in [-0.2, -0.15) is 0 Å². The van der Waals surface area contributed by atoms with Crippen LogP contribution in [0.4, 0.5) is 4.39 Å². The highest BCUT2D eigenvalue weighted by Crippen LogP contribution is 2.42. The van der Waals surface area contributed by atoms with E-state index in [0.29, 0.717) is 53.8 Å². The quantitative estimate of drug-likeness (QED) is 0.0284. The number of ether oxygens (including phenoxy) is 2. The Bertz CT molecular complexity index is 2820. The van der Waals surface area contributed by atoms with Gasteiger partial charge < -0.3 is 50.8 Å². The molecule has 5 heterocycles. The molecule has 4 aliphatic rings. The number of amides is 7. The van der Waals surface area contributed by atoms with Gasteiger partial charge in [0.15, 0.2) is 6.10 Å². The third-order valence-corrected chi connectivity index (χ3v) is 12.1. The highest BCUT2D eigenvalue weighted by atomic mass is 19.1. The number of rotatable bonds is 18. The molecule has 2 aromatic heterocycles. The van der Waals surface area contributed by atoms with E-state index < -0.39 is 48.8 Å². The molecule has 22 heteroatoms. The van der Waals surface area contributed by atoms with Gasteiger partial charge >= 0.3 is 5.97 Å². The summed E-state index contributed by atoms with van der Waals surface area (Å²) in [5.41, 5.74) is 7.18. The number of nitrogens with zero attached hydrogens (tertiary/aromatic N) is 3. The molecule has 21 nitrogen and oxygen atoms in total. The van der Waals surface area contributed by atoms with Crippen molar-refractivity contribution in [3.05, 3.63) is 110 Å². The van der Waals surface area contributed by atoms with Crippen LogP contribution in [0.25, 0.3) is 22.3 Å². The first-order valence-electron chi connectivity index (χ1n) is 24.4. The number of imide groups is 1. The number of halogens is 1. The molecule has 0 fully saturated rings. The minimum Gasteiger partial charge on any atom is -0.458 e. The zero-order valence-corrected chi connectivity index (χ0v) is 41.9. The monoisotopic (exact) mass is 1030 g/mol. The number of cyclic esters (lactones) is 1. The van der Waals surface area contributed by atoms with Gasteiger partial charge in [-0.05, 0) is 68.7 Å². The Kier molecular flexibility index (Phi) is 21.6. The van der Waals surface area contributed by atoms with E-state index in [0.717, 1.165) is 46.2 Å². The van der Waals surface area contributed by atoms with Crippen molar-refractivity contribution in [3.8, 4) is 11.4 Å². The molecule has 396 valence electrons. The van der Waals surface area contributed by atoms with Gasteiger partial charge in [0.2, 0.25) is 29.5 Å². The Hall–Kier alpha value is -7.69. The number of nitrogens with one attached hydrogen (secondary N) is 5. The van der Waals surface area contributed by atoms with E-state index in [1.807, 2.05) is 32.0 Å². The highest BCUT2D eigenvalue weighted by molar-refractivity contribution is 6.12. The zero-order valence-electron chi connectivity index (χ0n) is 41.9. The van der Waals surface area contributed by atoms with Gasteiger partial charge in [-0.15, -0.1) is 0 Å². The summed E-state index contributed by atoms with van der Waals surface area (Å²) in [7, 11) is 0. The number of fused-ring (bicyclic) bond motifs is 5. The fourth-order valence-corrected chi connectivity index (χ4v) is 8.30. The lowest BCUT2D eigenvalue weighted by molar-refractivity contribution is -0.157. The number of esters is 1. The van der Waals surface area contributed by atoms with Gasteiger partial charge in [0, 0.05) is 47.7 Å². The van der Waals surface area contributed by atoms with Crippen molar-refractivity contribution in [2.45, 2.75) is 91.9 Å². The van der Waals surface area contributed by atoms with E-state index in [2.05, 4.69) is 45.6 Å². The maximum absolute atomic E-state index is 14.5. The number of aryl methyl sites for hydroxylation is 3. The van der Waals surface area contributed by atoms with E-state index in [1.54, 1.807) is 17.6 Å². The van der Waals surface area contributed by atoms with Crippen molar-refractivity contribution in [1.29, 1.82) is 0 Å². The second kappa shape index (κ2) is 27.9. The first-order chi connectivity index (χ1) is 35.6. The largest absolute Gasteiger partial charge is 0.458 e. The maximum atomic E-state index is 14.5. The Morgan fingerprint density at radius 2 is 1.36 bits per heavy atom. The summed E-state index contributed by atoms with van der Waals surface area (Å²) in [5, 5.41) is 31.4. The molecule has 0 bridgehead atoms. The summed E-state index contributed by atoms with van der Waals surface area (Å²) >= 11 is 0. The van der Waals surface area contributed by atoms with Gasteiger partial charge in [-0.25, -0.2) is 14.2 Å². The second-order valence-electron chi connectivity index (χ2n) is 17.1. The average Bonchev–Trinajstić information content (AvgIpc) is 3.94. The summed E-state index contributed by atoms with van der Waals surface area (Å²) in [4.78, 5) is 112. The van der Waals surface area contributed by atoms with Crippen LogP contribution in [0.1, 0.15) is 91.0 Å². The van der Waals surface area contributed by atoms with Gasteiger partial charge in [0.25, 0.3) is 17.4 Å². The molecule has 7 N–H and O–H groups in total.